The molecule has 1 aromatic rings. The van der Waals surface area contributed by atoms with Gasteiger partial charge in [-0.05, 0) is 25.0 Å². The summed E-state index contributed by atoms with van der Waals surface area (Å²) in [5, 5.41) is 0. The van der Waals surface area contributed by atoms with E-state index in [4.69, 9.17) is 0 Å². The molecule has 0 amide bonds. The van der Waals surface area contributed by atoms with Crippen molar-refractivity contribution in [2.45, 2.75) is 121 Å². The minimum atomic E-state index is -3.11. The summed E-state index contributed by atoms with van der Waals surface area (Å²) in [6, 6.07) is 7.31. The Labute approximate surface area is 175 Å². The third-order valence-corrected chi connectivity index (χ3v) is 7.65. The second-order valence-electron chi connectivity index (χ2n) is 8.39. The molecule has 0 aliphatic rings. The smallest absolute Gasteiger partial charge is 0.178 e. The summed E-state index contributed by atoms with van der Waals surface area (Å²) in [5.41, 5.74) is 0.860. The summed E-state index contributed by atoms with van der Waals surface area (Å²) >= 11 is 0. The number of rotatable bonds is 18. The fourth-order valence-electron chi connectivity index (χ4n) is 3.86. The van der Waals surface area contributed by atoms with Crippen LogP contribution in [0.15, 0.2) is 29.2 Å². The molecular weight excluding hydrogens is 364 g/mol. The maximum absolute atomic E-state index is 12.4. The van der Waals surface area contributed by atoms with Crippen molar-refractivity contribution in [3.05, 3.63) is 29.8 Å². The average molecular weight is 409 g/mol. The second-order valence-corrected chi connectivity index (χ2v) is 10.5. The summed E-state index contributed by atoms with van der Waals surface area (Å²) in [7, 11) is -3.11. The van der Waals surface area contributed by atoms with Crippen LogP contribution in [0, 0.1) is 6.92 Å². The fraction of sp³-hybridized carbons (Fsp3) is 0.760. The fourth-order valence-corrected chi connectivity index (χ4v) is 5.50. The Morgan fingerprint density at radius 1 is 0.607 bits per heavy atom. The van der Waals surface area contributed by atoms with E-state index in [9.17, 15) is 8.42 Å². The van der Waals surface area contributed by atoms with Crippen molar-refractivity contribution in [2.75, 3.05) is 5.75 Å². The summed E-state index contributed by atoms with van der Waals surface area (Å²) in [4.78, 5) is 0.510. The van der Waals surface area contributed by atoms with Gasteiger partial charge in [0.25, 0.3) is 0 Å². The summed E-state index contributed by atoms with van der Waals surface area (Å²) < 4.78 is 24.8. The standard InChI is InChI=1S/C25H44O2S/c1-3-4-5-6-7-8-9-10-11-12-13-14-15-16-17-20-23-28(26,27)25-22-19-18-21-24(25)2/h18-19,21-22H,3-17,20,23H2,1-2H3. The maximum Gasteiger partial charge on any atom is 0.178 e. The average Bonchev–Trinajstić information content (AvgIpc) is 2.68. The molecule has 0 aromatic heterocycles. The number of sulfone groups is 1. The van der Waals surface area contributed by atoms with E-state index in [1.54, 1.807) is 6.07 Å². The number of benzene rings is 1. The van der Waals surface area contributed by atoms with E-state index in [0.29, 0.717) is 4.90 Å². The normalized spacial score (nSPS) is 11.8. The molecule has 0 saturated heterocycles. The van der Waals surface area contributed by atoms with Crippen molar-refractivity contribution in [1.29, 1.82) is 0 Å². The predicted octanol–water partition coefficient (Wildman–Crippen LogP) is 8.03. The molecule has 0 radical (unpaired) electrons. The molecule has 0 atom stereocenters. The van der Waals surface area contributed by atoms with Crippen molar-refractivity contribution >= 4 is 9.84 Å². The minimum Gasteiger partial charge on any atom is -0.224 e. The van der Waals surface area contributed by atoms with Gasteiger partial charge in [-0.15, -0.1) is 0 Å². The first-order valence-electron chi connectivity index (χ1n) is 11.9. The summed E-state index contributed by atoms with van der Waals surface area (Å²) in [6.45, 7) is 4.15. The van der Waals surface area contributed by atoms with Gasteiger partial charge in [0.1, 0.15) is 0 Å². The van der Waals surface area contributed by atoms with E-state index in [1.807, 2.05) is 25.1 Å². The van der Waals surface area contributed by atoms with Crippen LogP contribution >= 0.6 is 0 Å². The minimum absolute atomic E-state index is 0.288. The maximum atomic E-state index is 12.4. The van der Waals surface area contributed by atoms with Gasteiger partial charge in [0.15, 0.2) is 9.84 Å². The first kappa shape index (κ1) is 25.2. The molecule has 0 N–H and O–H groups in total. The molecule has 2 nitrogen and oxygen atoms in total. The zero-order chi connectivity index (χ0) is 20.5. The van der Waals surface area contributed by atoms with Crippen molar-refractivity contribution in [2.24, 2.45) is 0 Å². The van der Waals surface area contributed by atoms with Crippen LogP contribution in [0.4, 0.5) is 0 Å². The van der Waals surface area contributed by atoms with Gasteiger partial charge in [0, 0.05) is 0 Å². The van der Waals surface area contributed by atoms with Crippen molar-refractivity contribution in [3.8, 4) is 0 Å². The molecule has 1 aromatic carbocycles. The lowest BCUT2D eigenvalue weighted by atomic mass is 10.0. The second kappa shape index (κ2) is 16.0. The molecule has 162 valence electrons. The molecule has 3 heteroatoms. The monoisotopic (exact) mass is 408 g/mol. The molecule has 0 bridgehead atoms. The third kappa shape index (κ3) is 11.9. The van der Waals surface area contributed by atoms with Gasteiger partial charge in [0.05, 0.1) is 10.6 Å². The van der Waals surface area contributed by atoms with Crippen molar-refractivity contribution in [3.63, 3.8) is 0 Å². The van der Waals surface area contributed by atoms with Crippen LogP contribution < -0.4 is 0 Å². The topological polar surface area (TPSA) is 34.1 Å². The lowest BCUT2D eigenvalue weighted by Crippen LogP contribution is -2.08. The van der Waals surface area contributed by atoms with Crippen molar-refractivity contribution in [1.82, 2.24) is 0 Å². The molecule has 0 aliphatic heterocycles. The van der Waals surface area contributed by atoms with E-state index in [1.165, 1.54) is 89.9 Å². The molecule has 0 aliphatic carbocycles. The predicted molar refractivity (Wildman–Crippen MR) is 123 cm³/mol. The highest BCUT2D eigenvalue weighted by atomic mass is 32.2. The molecular formula is C25H44O2S. The van der Waals surface area contributed by atoms with Crippen LogP contribution in [0.5, 0.6) is 0 Å². The SMILES string of the molecule is CCCCCCCCCCCCCCCCCCS(=O)(=O)c1ccccc1C. The largest absolute Gasteiger partial charge is 0.224 e. The van der Waals surface area contributed by atoms with Crippen molar-refractivity contribution < 1.29 is 8.42 Å². The number of aryl methyl sites for hydroxylation is 1. The van der Waals surface area contributed by atoms with Gasteiger partial charge in [-0.1, -0.05) is 121 Å². The summed E-state index contributed by atoms with van der Waals surface area (Å²) in [5.74, 6) is 0.288. The third-order valence-electron chi connectivity index (χ3n) is 5.70. The molecule has 0 heterocycles. The lowest BCUT2D eigenvalue weighted by Gasteiger charge is -2.07. The van der Waals surface area contributed by atoms with E-state index in [-0.39, 0.29) is 5.75 Å². The Bertz CT molecular complexity index is 592. The van der Waals surface area contributed by atoms with E-state index in [2.05, 4.69) is 6.92 Å². The van der Waals surface area contributed by atoms with Crippen LogP contribution in [0.1, 0.15) is 115 Å². The summed E-state index contributed by atoms with van der Waals surface area (Å²) in [6.07, 6.45) is 20.9. The molecule has 0 saturated carbocycles. The molecule has 28 heavy (non-hydrogen) atoms. The Morgan fingerprint density at radius 2 is 1.00 bits per heavy atom. The molecule has 0 spiro atoms. The van der Waals surface area contributed by atoms with Crippen LogP contribution in [0.25, 0.3) is 0 Å². The first-order valence-corrected chi connectivity index (χ1v) is 13.5. The zero-order valence-corrected chi connectivity index (χ0v) is 19.4. The van der Waals surface area contributed by atoms with E-state index >= 15 is 0 Å². The molecule has 0 fully saturated rings. The van der Waals surface area contributed by atoms with Gasteiger partial charge in [-0.3, -0.25) is 0 Å². The Kier molecular flexibility index (Phi) is 14.4. The van der Waals surface area contributed by atoms with Crippen LogP contribution in [-0.4, -0.2) is 14.2 Å². The molecule has 0 unspecified atom stereocenters. The van der Waals surface area contributed by atoms with E-state index < -0.39 is 9.84 Å². The van der Waals surface area contributed by atoms with E-state index in [0.717, 1.165) is 18.4 Å². The zero-order valence-electron chi connectivity index (χ0n) is 18.6. The highest BCUT2D eigenvalue weighted by molar-refractivity contribution is 7.91. The number of hydrogen-bond donors (Lipinski definition) is 0. The van der Waals surface area contributed by atoms with Gasteiger partial charge in [-0.25, -0.2) is 8.42 Å². The Balaban J connectivity index is 1.90. The van der Waals surface area contributed by atoms with Gasteiger partial charge in [0.2, 0.25) is 0 Å². The lowest BCUT2D eigenvalue weighted by molar-refractivity contribution is 0.531. The van der Waals surface area contributed by atoms with Gasteiger partial charge >= 0.3 is 0 Å². The van der Waals surface area contributed by atoms with Gasteiger partial charge in [-0.2, -0.15) is 0 Å². The van der Waals surface area contributed by atoms with Crippen LogP contribution in [-0.2, 0) is 9.84 Å². The number of hydrogen-bond acceptors (Lipinski definition) is 2. The highest BCUT2D eigenvalue weighted by Crippen LogP contribution is 2.18. The van der Waals surface area contributed by atoms with Crippen LogP contribution in [0.3, 0.4) is 0 Å². The first-order chi connectivity index (χ1) is 13.6. The quantitative estimate of drug-likeness (QED) is 0.230. The Hall–Kier alpha value is -0.830. The highest BCUT2D eigenvalue weighted by Gasteiger charge is 2.15. The van der Waals surface area contributed by atoms with Crippen LogP contribution in [0.2, 0.25) is 0 Å². The molecule has 1 rings (SSSR count). The van der Waals surface area contributed by atoms with Gasteiger partial charge < -0.3 is 0 Å². The number of unbranched alkanes of at least 4 members (excludes halogenated alkanes) is 15. The Morgan fingerprint density at radius 3 is 1.43 bits per heavy atom.